The van der Waals surface area contributed by atoms with E-state index in [2.05, 4.69) is 11.3 Å². The number of carbonyl (C=O) groups is 1. The number of carbonyl (C=O) groups excluding carboxylic acids is 1. The molecule has 0 aromatic heterocycles. The number of allylic oxidation sites excluding steroid dienone is 4. The Bertz CT molecular complexity index is 200. The van der Waals surface area contributed by atoms with Crippen molar-refractivity contribution in [1.29, 1.82) is 0 Å². The van der Waals surface area contributed by atoms with Crippen LogP contribution in [-0.2, 0) is 9.53 Å². The van der Waals surface area contributed by atoms with Crippen LogP contribution in [0.15, 0.2) is 36.5 Å². The molecule has 0 atom stereocenters. The largest absolute Gasteiger partial charge is 0.466 e. The fourth-order valence-electron chi connectivity index (χ4n) is 0.507. The zero-order valence-electron chi connectivity index (χ0n) is 6.83. The van der Waals surface area contributed by atoms with Gasteiger partial charge >= 0.3 is 5.97 Å². The predicted octanol–water partition coefficient (Wildman–Crippen LogP) is 1.85. The van der Waals surface area contributed by atoms with Gasteiger partial charge in [-0.2, -0.15) is 0 Å². The Kier molecular flexibility index (Phi) is 4.82. The van der Waals surface area contributed by atoms with Crippen molar-refractivity contribution in [3.8, 4) is 0 Å². The molecule has 11 heavy (non-hydrogen) atoms. The van der Waals surface area contributed by atoms with Crippen LogP contribution in [0.3, 0.4) is 0 Å². The lowest BCUT2D eigenvalue weighted by Gasteiger charge is -1.94. The van der Waals surface area contributed by atoms with Gasteiger partial charge in [-0.05, 0) is 6.92 Å². The SMILES string of the molecule is C=CC=CC=C(C)C(=O)OC. The molecule has 0 aromatic rings. The Hall–Kier alpha value is -1.31. The summed E-state index contributed by atoms with van der Waals surface area (Å²) < 4.78 is 4.48. The number of ether oxygens (including phenoxy) is 1. The molecule has 0 aliphatic heterocycles. The van der Waals surface area contributed by atoms with E-state index in [1.54, 1.807) is 31.2 Å². The van der Waals surface area contributed by atoms with Crippen molar-refractivity contribution in [2.24, 2.45) is 0 Å². The minimum atomic E-state index is -0.307. The van der Waals surface area contributed by atoms with E-state index in [4.69, 9.17) is 0 Å². The van der Waals surface area contributed by atoms with Gasteiger partial charge in [-0.3, -0.25) is 0 Å². The van der Waals surface area contributed by atoms with Crippen molar-refractivity contribution in [3.05, 3.63) is 36.5 Å². The lowest BCUT2D eigenvalue weighted by atomic mass is 10.3. The van der Waals surface area contributed by atoms with E-state index in [1.807, 2.05) is 0 Å². The second-order valence-corrected chi connectivity index (χ2v) is 1.96. The van der Waals surface area contributed by atoms with Crippen LogP contribution in [0.1, 0.15) is 6.92 Å². The Balaban J connectivity index is 4.10. The van der Waals surface area contributed by atoms with Crippen LogP contribution in [0.5, 0.6) is 0 Å². The molecule has 0 amide bonds. The summed E-state index contributed by atoms with van der Waals surface area (Å²) >= 11 is 0. The molecule has 0 aromatic carbocycles. The van der Waals surface area contributed by atoms with Gasteiger partial charge in [0.25, 0.3) is 0 Å². The van der Waals surface area contributed by atoms with Gasteiger partial charge in [0.05, 0.1) is 7.11 Å². The lowest BCUT2D eigenvalue weighted by Crippen LogP contribution is -2.00. The molecule has 0 heterocycles. The predicted molar refractivity (Wildman–Crippen MR) is 45.1 cm³/mol. The second-order valence-electron chi connectivity index (χ2n) is 1.96. The number of rotatable bonds is 3. The Morgan fingerprint density at radius 3 is 2.55 bits per heavy atom. The normalized spacial score (nSPS) is 11.6. The summed E-state index contributed by atoms with van der Waals surface area (Å²) in [7, 11) is 1.36. The molecule has 60 valence electrons. The molecule has 0 radical (unpaired) electrons. The van der Waals surface area contributed by atoms with Gasteiger partial charge in [-0.15, -0.1) is 0 Å². The smallest absolute Gasteiger partial charge is 0.333 e. The topological polar surface area (TPSA) is 26.3 Å². The van der Waals surface area contributed by atoms with E-state index in [9.17, 15) is 4.79 Å². The van der Waals surface area contributed by atoms with E-state index < -0.39 is 0 Å². The number of methoxy groups -OCH3 is 1. The highest BCUT2D eigenvalue weighted by Gasteiger charge is 1.99. The highest BCUT2D eigenvalue weighted by atomic mass is 16.5. The van der Waals surface area contributed by atoms with Gasteiger partial charge in [-0.25, -0.2) is 4.79 Å². The van der Waals surface area contributed by atoms with Gasteiger partial charge < -0.3 is 4.74 Å². The third-order valence-corrected chi connectivity index (χ3v) is 1.10. The van der Waals surface area contributed by atoms with Crippen LogP contribution >= 0.6 is 0 Å². The highest BCUT2D eigenvalue weighted by Crippen LogP contribution is 1.95. The minimum Gasteiger partial charge on any atom is -0.466 e. The van der Waals surface area contributed by atoms with Gasteiger partial charge in [0.2, 0.25) is 0 Å². The molecule has 0 aliphatic rings. The molecule has 0 rings (SSSR count). The van der Waals surface area contributed by atoms with Crippen LogP contribution in [0.2, 0.25) is 0 Å². The summed E-state index contributed by atoms with van der Waals surface area (Å²) in [6, 6.07) is 0. The Morgan fingerprint density at radius 1 is 1.45 bits per heavy atom. The minimum absolute atomic E-state index is 0.307. The van der Waals surface area contributed by atoms with Crippen LogP contribution in [0, 0.1) is 0 Å². The van der Waals surface area contributed by atoms with Crippen molar-refractivity contribution in [2.75, 3.05) is 7.11 Å². The Morgan fingerprint density at radius 2 is 2.09 bits per heavy atom. The molecular formula is C9H12O2. The maximum atomic E-state index is 10.8. The molecule has 0 spiro atoms. The molecule has 0 saturated heterocycles. The molecule has 0 aliphatic carbocycles. The van der Waals surface area contributed by atoms with Crippen molar-refractivity contribution >= 4 is 5.97 Å². The highest BCUT2D eigenvalue weighted by molar-refractivity contribution is 5.87. The summed E-state index contributed by atoms with van der Waals surface area (Å²) in [6.45, 7) is 5.18. The maximum Gasteiger partial charge on any atom is 0.333 e. The summed E-state index contributed by atoms with van der Waals surface area (Å²) in [6.07, 6.45) is 6.79. The third kappa shape index (κ3) is 4.14. The van der Waals surface area contributed by atoms with Gasteiger partial charge in [0, 0.05) is 5.57 Å². The summed E-state index contributed by atoms with van der Waals surface area (Å²) in [4.78, 5) is 10.8. The van der Waals surface area contributed by atoms with E-state index >= 15 is 0 Å². The molecule has 2 heteroatoms. The van der Waals surface area contributed by atoms with Crippen molar-refractivity contribution in [2.45, 2.75) is 6.92 Å². The fraction of sp³-hybridized carbons (Fsp3) is 0.222. The quantitative estimate of drug-likeness (QED) is 0.350. The number of esters is 1. The van der Waals surface area contributed by atoms with Crippen LogP contribution < -0.4 is 0 Å². The molecule has 0 saturated carbocycles. The molecule has 0 fully saturated rings. The monoisotopic (exact) mass is 152 g/mol. The average Bonchev–Trinajstić information content (AvgIpc) is 2.03. The van der Waals surface area contributed by atoms with Crippen molar-refractivity contribution < 1.29 is 9.53 Å². The molecular weight excluding hydrogens is 140 g/mol. The van der Waals surface area contributed by atoms with E-state index in [-0.39, 0.29) is 5.97 Å². The first-order valence-corrected chi connectivity index (χ1v) is 3.26. The van der Waals surface area contributed by atoms with Crippen LogP contribution in [-0.4, -0.2) is 13.1 Å². The van der Waals surface area contributed by atoms with Crippen LogP contribution in [0.25, 0.3) is 0 Å². The Labute approximate surface area is 66.9 Å². The average molecular weight is 152 g/mol. The lowest BCUT2D eigenvalue weighted by molar-refractivity contribution is -0.136. The van der Waals surface area contributed by atoms with Crippen LogP contribution in [0.4, 0.5) is 0 Å². The fourth-order valence-corrected chi connectivity index (χ4v) is 0.507. The van der Waals surface area contributed by atoms with Crippen molar-refractivity contribution in [3.63, 3.8) is 0 Å². The van der Waals surface area contributed by atoms with E-state index in [0.717, 1.165) is 0 Å². The molecule has 2 nitrogen and oxygen atoms in total. The van der Waals surface area contributed by atoms with E-state index in [1.165, 1.54) is 7.11 Å². The summed E-state index contributed by atoms with van der Waals surface area (Å²) in [5.41, 5.74) is 0.575. The molecule has 0 bridgehead atoms. The van der Waals surface area contributed by atoms with E-state index in [0.29, 0.717) is 5.57 Å². The summed E-state index contributed by atoms with van der Waals surface area (Å²) in [5, 5.41) is 0. The first kappa shape index (κ1) is 9.69. The third-order valence-electron chi connectivity index (χ3n) is 1.10. The standard InChI is InChI=1S/C9H12O2/c1-4-5-6-7-8(2)9(10)11-3/h4-7H,1H2,2-3H3. The van der Waals surface area contributed by atoms with Gasteiger partial charge in [0.15, 0.2) is 0 Å². The van der Waals surface area contributed by atoms with Gasteiger partial charge in [0.1, 0.15) is 0 Å². The summed E-state index contributed by atoms with van der Waals surface area (Å²) in [5.74, 6) is -0.307. The zero-order valence-corrected chi connectivity index (χ0v) is 6.83. The zero-order chi connectivity index (χ0) is 8.69. The van der Waals surface area contributed by atoms with Gasteiger partial charge in [-0.1, -0.05) is 30.9 Å². The molecule has 0 unspecified atom stereocenters. The number of hydrogen-bond donors (Lipinski definition) is 0. The second kappa shape index (κ2) is 5.47. The first-order chi connectivity index (χ1) is 5.22. The number of hydrogen-bond acceptors (Lipinski definition) is 2. The van der Waals surface area contributed by atoms with Crippen molar-refractivity contribution in [1.82, 2.24) is 0 Å². The first-order valence-electron chi connectivity index (χ1n) is 3.26. The maximum absolute atomic E-state index is 10.8. The molecule has 0 N–H and O–H groups in total.